The van der Waals surface area contributed by atoms with Gasteiger partial charge in [0.15, 0.2) is 0 Å². The van der Waals surface area contributed by atoms with Crippen LogP contribution in [0.25, 0.3) is 0 Å². The number of hydrogen-bond acceptors (Lipinski definition) is 1. The van der Waals surface area contributed by atoms with E-state index in [0.717, 1.165) is 23.9 Å². The lowest BCUT2D eigenvalue weighted by molar-refractivity contribution is 0.179. The van der Waals surface area contributed by atoms with E-state index in [1.54, 1.807) is 0 Å². The molecule has 2 unspecified atom stereocenters. The Hall–Kier alpha value is -0.0400. The third kappa shape index (κ3) is 1.96. The standard InChI is InChI=1S/C10H21N/c1-5-10-9(4)7(2)6-8(3)11-10/h7-11H,5-6H2,1-4H3/t7?,8?,9-,10-/m1/s1. The van der Waals surface area contributed by atoms with Gasteiger partial charge >= 0.3 is 0 Å². The Balaban J connectivity index is 2.51. The molecule has 0 bridgehead atoms. The minimum atomic E-state index is 0.728. The topological polar surface area (TPSA) is 12.0 Å². The molecule has 1 rings (SSSR count). The van der Waals surface area contributed by atoms with Gasteiger partial charge in [0.05, 0.1) is 0 Å². The van der Waals surface area contributed by atoms with E-state index >= 15 is 0 Å². The van der Waals surface area contributed by atoms with Crippen molar-refractivity contribution < 1.29 is 0 Å². The Morgan fingerprint density at radius 2 is 1.91 bits per heavy atom. The van der Waals surface area contributed by atoms with E-state index in [4.69, 9.17) is 0 Å². The van der Waals surface area contributed by atoms with Gasteiger partial charge in [-0.05, 0) is 31.6 Å². The van der Waals surface area contributed by atoms with E-state index in [1.807, 2.05) is 0 Å². The van der Waals surface area contributed by atoms with Gasteiger partial charge in [0.25, 0.3) is 0 Å². The fraction of sp³-hybridized carbons (Fsp3) is 1.00. The molecule has 0 aromatic heterocycles. The summed E-state index contributed by atoms with van der Waals surface area (Å²) in [5.41, 5.74) is 0. The van der Waals surface area contributed by atoms with Crippen molar-refractivity contribution in [2.75, 3.05) is 0 Å². The van der Waals surface area contributed by atoms with Crippen LogP contribution in [0, 0.1) is 11.8 Å². The molecule has 1 aliphatic rings. The summed E-state index contributed by atoms with van der Waals surface area (Å²) in [6, 6.07) is 1.49. The van der Waals surface area contributed by atoms with Gasteiger partial charge in [0.1, 0.15) is 0 Å². The number of nitrogens with one attached hydrogen (secondary N) is 1. The lowest BCUT2D eigenvalue weighted by atomic mass is 9.80. The van der Waals surface area contributed by atoms with Crippen molar-refractivity contribution in [3.05, 3.63) is 0 Å². The van der Waals surface area contributed by atoms with Crippen molar-refractivity contribution >= 4 is 0 Å². The molecule has 1 fully saturated rings. The van der Waals surface area contributed by atoms with E-state index in [0.29, 0.717) is 0 Å². The first-order chi connectivity index (χ1) is 5.15. The monoisotopic (exact) mass is 155 g/mol. The van der Waals surface area contributed by atoms with Crippen LogP contribution in [-0.4, -0.2) is 12.1 Å². The zero-order valence-electron chi connectivity index (χ0n) is 8.22. The molecule has 0 amide bonds. The van der Waals surface area contributed by atoms with Gasteiger partial charge in [-0.2, -0.15) is 0 Å². The Morgan fingerprint density at radius 3 is 2.45 bits per heavy atom. The summed E-state index contributed by atoms with van der Waals surface area (Å²) in [5.74, 6) is 1.76. The molecule has 1 nitrogen and oxygen atoms in total. The Kier molecular flexibility index (Phi) is 2.94. The highest BCUT2D eigenvalue weighted by Gasteiger charge is 2.28. The summed E-state index contributed by atoms with van der Waals surface area (Å²) in [7, 11) is 0. The smallest absolute Gasteiger partial charge is 0.00950 e. The quantitative estimate of drug-likeness (QED) is 0.613. The summed E-state index contributed by atoms with van der Waals surface area (Å²) in [6.45, 7) is 9.33. The molecule has 0 aliphatic carbocycles. The molecular weight excluding hydrogens is 134 g/mol. The minimum Gasteiger partial charge on any atom is -0.311 e. The van der Waals surface area contributed by atoms with Crippen molar-refractivity contribution in [2.24, 2.45) is 11.8 Å². The van der Waals surface area contributed by atoms with Crippen LogP contribution in [0.5, 0.6) is 0 Å². The number of piperidine rings is 1. The van der Waals surface area contributed by atoms with E-state index in [9.17, 15) is 0 Å². The van der Waals surface area contributed by atoms with Gasteiger partial charge in [-0.15, -0.1) is 0 Å². The third-order valence-electron chi connectivity index (χ3n) is 3.20. The molecular formula is C10H21N. The molecule has 0 radical (unpaired) electrons. The molecule has 0 spiro atoms. The summed E-state index contributed by atoms with van der Waals surface area (Å²) >= 11 is 0. The molecule has 1 saturated heterocycles. The van der Waals surface area contributed by atoms with Crippen LogP contribution in [0.2, 0.25) is 0 Å². The second-order valence-corrected chi connectivity index (χ2v) is 4.15. The Morgan fingerprint density at radius 1 is 1.27 bits per heavy atom. The molecule has 0 aromatic carbocycles. The molecule has 0 saturated carbocycles. The lowest BCUT2D eigenvalue weighted by Crippen LogP contribution is -2.48. The zero-order chi connectivity index (χ0) is 8.43. The first-order valence-corrected chi connectivity index (χ1v) is 4.91. The SMILES string of the molecule is CC[C@H]1NC(C)CC(C)[C@H]1C. The van der Waals surface area contributed by atoms with Crippen LogP contribution in [0.4, 0.5) is 0 Å². The molecule has 1 aliphatic heterocycles. The molecule has 4 atom stereocenters. The lowest BCUT2D eigenvalue weighted by Gasteiger charge is -2.38. The average molecular weight is 155 g/mol. The van der Waals surface area contributed by atoms with Crippen molar-refractivity contribution in [3.8, 4) is 0 Å². The van der Waals surface area contributed by atoms with Gasteiger partial charge in [-0.3, -0.25) is 0 Å². The molecule has 1 heteroatoms. The average Bonchev–Trinajstić information content (AvgIpc) is 1.96. The van der Waals surface area contributed by atoms with Crippen molar-refractivity contribution in [1.29, 1.82) is 0 Å². The largest absolute Gasteiger partial charge is 0.311 e. The van der Waals surface area contributed by atoms with Crippen LogP contribution in [0.1, 0.15) is 40.5 Å². The molecule has 1 N–H and O–H groups in total. The Bertz CT molecular complexity index is 122. The minimum absolute atomic E-state index is 0.728. The van der Waals surface area contributed by atoms with E-state index < -0.39 is 0 Å². The highest BCUT2D eigenvalue weighted by Crippen LogP contribution is 2.26. The molecule has 1 heterocycles. The highest BCUT2D eigenvalue weighted by atomic mass is 15.0. The second kappa shape index (κ2) is 3.57. The second-order valence-electron chi connectivity index (χ2n) is 4.15. The molecule has 11 heavy (non-hydrogen) atoms. The van der Waals surface area contributed by atoms with Crippen LogP contribution in [-0.2, 0) is 0 Å². The maximum absolute atomic E-state index is 3.65. The van der Waals surface area contributed by atoms with Gasteiger partial charge < -0.3 is 5.32 Å². The van der Waals surface area contributed by atoms with Crippen LogP contribution >= 0.6 is 0 Å². The van der Waals surface area contributed by atoms with Crippen molar-refractivity contribution in [2.45, 2.75) is 52.6 Å². The Labute approximate surface area is 70.6 Å². The first-order valence-electron chi connectivity index (χ1n) is 4.91. The van der Waals surface area contributed by atoms with Gasteiger partial charge in [0, 0.05) is 12.1 Å². The van der Waals surface area contributed by atoms with Crippen molar-refractivity contribution in [1.82, 2.24) is 5.32 Å². The van der Waals surface area contributed by atoms with Crippen LogP contribution < -0.4 is 5.32 Å². The van der Waals surface area contributed by atoms with Crippen molar-refractivity contribution in [3.63, 3.8) is 0 Å². The maximum atomic E-state index is 3.65. The van der Waals surface area contributed by atoms with E-state index in [2.05, 4.69) is 33.0 Å². The fourth-order valence-corrected chi connectivity index (χ4v) is 2.24. The summed E-state index contributed by atoms with van der Waals surface area (Å²) < 4.78 is 0. The normalized spacial score (nSPS) is 45.8. The fourth-order valence-electron chi connectivity index (χ4n) is 2.24. The van der Waals surface area contributed by atoms with Gasteiger partial charge in [0.2, 0.25) is 0 Å². The number of hydrogen-bond donors (Lipinski definition) is 1. The summed E-state index contributed by atoms with van der Waals surface area (Å²) in [4.78, 5) is 0. The molecule has 66 valence electrons. The highest BCUT2D eigenvalue weighted by molar-refractivity contribution is 4.85. The van der Waals surface area contributed by atoms with Crippen LogP contribution in [0.3, 0.4) is 0 Å². The van der Waals surface area contributed by atoms with E-state index in [1.165, 1.54) is 12.8 Å². The maximum Gasteiger partial charge on any atom is 0.00950 e. The van der Waals surface area contributed by atoms with Gasteiger partial charge in [-0.25, -0.2) is 0 Å². The summed E-state index contributed by atoms with van der Waals surface area (Å²) in [5, 5.41) is 3.65. The summed E-state index contributed by atoms with van der Waals surface area (Å²) in [6.07, 6.45) is 2.62. The van der Waals surface area contributed by atoms with E-state index in [-0.39, 0.29) is 0 Å². The predicted octanol–water partition coefficient (Wildman–Crippen LogP) is 2.42. The molecule has 0 aromatic rings. The third-order valence-corrected chi connectivity index (χ3v) is 3.20. The van der Waals surface area contributed by atoms with Gasteiger partial charge in [-0.1, -0.05) is 20.8 Å². The zero-order valence-corrected chi connectivity index (χ0v) is 8.22. The number of rotatable bonds is 1. The predicted molar refractivity (Wildman–Crippen MR) is 49.6 cm³/mol. The van der Waals surface area contributed by atoms with Crippen LogP contribution in [0.15, 0.2) is 0 Å². The first kappa shape index (κ1) is 9.05.